The standard InChI is InChI=1S/C20H22ClN3O3S2.ClH/c1-23(2)12-13-24(20-22-19-16(21)9-6-10-17(19)28-20)18(25)11-14-29(26,27)15-7-4-3-5-8-15;/h3-10H,11-14H2,1-2H3;1H. The van der Waals surface area contributed by atoms with Crippen LogP contribution in [0.2, 0.25) is 5.02 Å². The molecule has 0 saturated carbocycles. The van der Waals surface area contributed by atoms with Crippen LogP contribution >= 0.6 is 35.3 Å². The third-order valence-corrected chi connectivity index (χ3v) is 7.43. The number of fused-ring (bicyclic) bond motifs is 1. The number of para-hydroxylation sites is 1. The van der Waals surface area contributed by atoms with Gasteiger partial charge in [-0.2, -0.15) is 0 Å². The minimum atomic E-state index is -3.53. The smallest absolute Gasteiger partial charge is 0.229 e. The van der Waals surface area contributed by atoms with Crippen LogP contribution in [-0.4, -0.2) is 57.1 Å². The van der Waals surface area contributed by atoms with Gasteiger partial charge in [0.1, 0.15) is 5.52 Å². The fourth-order valence-electron chi connectivity index (χ4n) is 2.75. The highest BCUT2D eigenvalue weighted by atomic mass is 35.5. The normalized spacial score (nSPS) is 11.5. The van der Waals surface area contributed by atoms with Crippen LogP contribution in [0.4, 0.5) is 5.13 Å². The molecule has 0 atom stereocenters. The number of nitrogens with zero attached hydrogens (tertiary/aromatic N) is 3. The Morgan fingerprint density at radius 1 is 1.07 bits per heavy atom. The number of hydrogen-bond acceptors (Lipinski definition) is 6. The van der Waals surface area contributed by atoms with E-state index in [4.69, 9.17) is 11.6 Å². The van der Waals surface area contributed by atoms with Gasteiger partial charge in [0.05, 0.1) is 20.4 Å². The van der Waals surface area contributed by atoms with E-state index in [9.17, 15) is 13.2 Å². The minimum absolute atomic E-state index is 0. The van der Waals surface area contributed by atoms with Gasteiger partial charge < -0.3 is 4.90 Å². The molecular weight excluding hydrogens is 465 g/mol. The molecule has 0 aliphatic rings. The van der Waals surface area contributed by atoms with Crippen molar-refractivity contribution < 1.29 is 13.2 Å². The molecule has 30 heavy (non-hydrogen) atoms. The van der Waals surface area contributed by atoms with Crippen molar-refractivity contribution in [3.63, 3.8) is 0 Å². The Bertz CT molecular complexity index is 1100. The van der Waals surface area contributed by atoms with E-state index < -0.39 is 9.84 Å². The van der Waals surface area contributed by atoms with Gasteiger partial charge in [0.2, 0.25) is 5.91 Å². The van der Waals surface area contributed by atoms with Gasteiger partial charge >= 0.3 is 0 Å². The molecule has 0 bridgehead atoms. The van der Waals surface area contributed by atoms with Crippen molar-refractivity contribution >= 4 is 66.4 Å². The van der Waals surface area contributed by atoms with Gasteiger partial charge in [0, 0.05) is 19.5 Å². The van der Waals surface area contributed by atoms with Crippen LogP contribution in [-0.2, 0) is 14.6 Å². The second kappa shape index (κ2) is 10.5. The lowest BCUT2D eigenvalue weighted by atomic mass is 10.3. The summed E-state index contributed by atoms with van der Waals surface area (Å²) in [6.45, 7) is 1.04. The van der Waals surface area contributed by atoms with Crippen molar-refractivity contribution in [1.29, 1.82) is 0 Å². The number of anilines is 1. The summed E-state index contributed by atoms with van der Waals surface area (Å²) in [5, 5.41) is 1.05. The van der Waals surface area contributed by atoms with E-state index >= 15 is 0 Å². The molecule has 0 aliphatic carbocycles. The van der Waals surface area contributed by atoms with Crippen LogP contribution < -0.4 is 4.90 Å². The Morgan fingerprint density at radius 2 is 1.77 bits per heavy atom. The topological polar surface area (TPSA) is 70.6 Å². The van der Waals surface area contributed by atoms with Gasteiger partial charge in [-0.3, -0.25) is 9.69 Å². The van der Waals surface area contributed by atoms with E-state index in [0.29, 0.717) is 28.8 Å². The summed E-state index contributed by atoms with van der Waals surface area (Å²) in [7, 11) is 0.299. The fraction of sp³-hybridized carbons (Fsp3) is 0.300. The zero-order chi connectivity index (χ0) is 21.0. The number of benzene rings is 2. The summed E-state index contributed by atoms with van der Waals surface area (Å²) in [4.78, 5) is 21.2. The molecule has 10 heteroatoms. The van der Waals surface area contributed by atoms with Crippen LogP contribution in [0.5, 0.6) is 0 Å². The van der Waals surface area contributed by atoms with Crippen LogP contribution in [0.15, 0.2) is 53.4 Å². The van der Waals surface area contributed by atoms with E-state index in [0.717, 1.165) is 4.70 Å². The number of thiazole rings is 1. The van der Waals surface area contributed by atoms with Crippen molar-refractivity contribution in [2.75, 3.05) is 37.8 Å². The van der Waals surface area contributed by atoms with Crippen molar-refractivity contribution in [1.82, 2.24) is 9.88 Å². The quantitative estimate of drug-likeness (QED) is 0.477. The molecule has 3 rings (SSSR count). The summed E-state index contributed by atoms with van der Waals surface area (Å²) in [6.07, 6.45) is -0.117. The number of carbonyl (C=O) groups excluding carboxylic acids is 1. The summed E-state index contributed by atoms with van der Waals surface area (Å²) in [5.74, 6) is -0.526. The van der Waals surface area contributed by atoms with E-state index in [1.165, 1.54) is 11.3 Å². The summed E-state index contributed by atoms with van der Waals surface area (Å²) in [6, 6.07) is 13.7. The van der Waals surface area contributed by atoms with Crippen molar-refractivity contribution in [2.24, 2.45) is 0 Å². The largest absolute Gasteiger partial charge is 0.308 e. The Kier molecular flexibility index (Phi) is 8.63. The second-order valence-electron chi connectivity index (χ2n) is 6.81. The summed E-state index contributed by atoms with van der Waals surface area (Å²) < 4.78 is 26.0. The number of sulfone groups is 1. The van der Waals surface area contributed by atoms with E-state index in [-0.39, 0.29) is 35.4 Å². The zero-order valence-electron chi connectivity index (χ0n) is 16.6. The highest BCUT2D eigenvalue weighted by molar-refractivity contribution is 7.91. The van der Waals surface area contributed by atoms with Crippen LogP contribution in [0.25, 0.3) is 10.2 Å². The van der Waals surface area contributed by atoms with Crippen molar-refractivity contribution in [3.8, 4) is 0 Å². The number of carbonyl (C=O) groups is 1. The Hall–Kier alpha value is -1.71. The molecule has 1 aromatic heterocycles. The van der Waals surface area contributed by atoms with Crippen LogP contribution in [0.3, 0.4) is 0 Å². The number of aromatic nitrogens is 1. The first-order valence-corrected chi connectivity index (χ1v) is 11.9. The molecule has 162 valence electrons. The lowest BCUT2D eigenvalue weighted by molar-refractivity contribution is -0.118. The van der Waals surface area contributed by atoms with Crippen LogP contribution in [0.1, 0.15) is 6.42 Å². The van der Waals surface area contributed by atoms with E-state index in [1.807, 2.05) is 31.1 Å². The monoisotopic (exact) mass is 487 g/mol. The van der Waals surface area contributed by atoms with Crippen molar-refractivity contribution in [3.05, 3.63) is 53.6 Å². The molecule has 2 aromatic carbocycles. The first-order chi connectivity index (χ1) is 13.8. The maximum Gasteiger partial charge on any atom is 0.229 e. The number of halogens is 2. The minimum Gasteiger partial charge on any atom is -0.308 e. The average molecular weight is 488 g/mol. The third kappa shape index (κ3) is 5.92. The van der Waals surface area contributed by atoms with Gasteiger partial charge in [-0.05, 0) is 38.4 Å². The first kappa shape index (κ1) is 24.6. The molecule has 0 N–H and O–H groups in total. The predicted octanol–water partition coefficient (Wildman–Crippen LogP) is 4.13. The first-order valence-electron chi connectivity index (χ1n) is 9.06. The van der Waals surface area contributed by atoms with E-state index in [2.05, 4.69) is 4.98 Å². The van der Waals surface area contributed by atoms with Crippen molar-refractivity contribution in [2.45, 2.75) is 11.3 Å². The number of rotatable bonds is 8. The lowest BCUT2D eigenvalue weighted by Gasteiger charge is -2.22. The van der Waals surface area contributed by atoms with Gasteiger partial charge in [0.25, 0.3) is 0 Å². The highest BCUT2D eigenvalue weighted by Crippen LogP contribution is 2.33. The Morgan fingerprint density at radius 3 is 2.40 bits per heavy atom. The molecule has 6 nitrogen and oxygen atoms in total. The summed E-state index contributed by atoms with van der Waals surface area (Å²) in [5.41, 5.74) is 0.647. The van der Waals surface area contributed by atoms with Crippen LogP contribution in [0, 0.1) is 0 Å². The SMILES string of the molecule is CN(C)CCN(C(=O)CCS(=O)(=O)c1ccccc1)c1nc2c(Cl)cccc2s1.Cl. The Labute approximate surface area is 191 Å². The third-order valence-electron chi connectivity index (χ3n) is 4.35. The number of likely N-dealkylation sites (N-methyl/N-ethyl adjacent to an activating group) is 1. The molecule has 3 aromatic rings. The molecular formula is C20H23Cl2N3O3S2. The molecule has 0 saturated heterocycles. The van der Waals surface area contributed by atoms with E-state index in [1.54, 1.807) is 41.3 Å². The summed E-state index contributed by atoms with van der Waals surface area (Å²) >= 11 is 7.60. The fourth-order valence-corrected chi connectivity index (χ4v) is 5.31. The highest BCUT2D eigenvalue weighted by Gasteiger charge is 2.23. The molecule has 0 aliphatic heterocycles. The average Bonchev–Trinajstić information content (AvgIpc) is 3.12. The van der Waals surface area contributed by atoms with Gasteiger partial charge in [0.15, 0.2) is 15.0 Å². The molecule has 0 fully saturated rings. The van der Waals surface area contributed by atoms with Gasteiger partial charge in [-0.25, -0.2) is 13.4 Å². The molecule has 0 spiro atoms. The number of amides is 1. The van der Waals surface area contributed by atoms with Gasteiger partial charge in [-0.15, -0.1) is 12.4 Å². The molecule has 1 heterocycles. The second-order valence-corrected chi connectivity index (χ2v) is 10.3. The zero-order valence-corrected chi connectivity index (χ0v) is 19.8. The Balaban J connectivity index is 0.00000320. The molecule has 0 unspecified atom stereocenters. The lowest BCUT2D eigenvalue weighted by Crippen LogP contribution is -2.37. The predicted molar refractivity (Wildman–Crippen MR) is 126 cm³/mol. The maximum absolute atomic E-state index is 13.0. The molecule has 1 amide bonds. The molecule has 0 radical (unpaired) electrons. The maximum atomic E-state index is 13.0. The number of hydrogen-bond donors (Lipinski definition) is 0. The van der Waals surface area contributed by atoms with Gasteiger partial charge in [-0.1, -0.05) is 47.2 Å².